The standard InChI is InChI=1S/C21H29NO5S/c1-4-9-22(18-8-10-28(24,25)14-18)21(23)7-6-16-12-20-17(11-15(3)27-20)13-19(16)26-5-2/h6-7,12-13,15,18H,4-5,8-11,14H2,1-3H3/b7-6+. The summed E-state index contributed by atoms with van der Waals surface area (Å²) in [6.45, 7) is 7.02. The second kappa shape index (κ2) is 8.55. The van der Waals surface area contributed by atoms with Gasteiger partial charge in [-0.3, -0.25) is 4.79 Å². The number of hydrogen-bond acceptors (Lipinski definition) is 5. The molecule has 2 atom stereocenters. The summed E-state index contributed by atoms with van der Waals surface area (Å²) in [4.78, 5) is 14.5. The SMILES string of the molecule is CCCN(C(=O)/C=C/c1cc2c(cc1OCC)CC(C)O2)C1CCS(=O)(=O)C1. The number of fused-ring (bicyclic) bond motifs is 1. The summed E-state index contributed by atoms with van der Waals surface area (Å²) >= 11 is 0. The molecule has 7 heteroatoms. The van der Waals surface area contributed by atoms with Gasteiger partial charge in [0.2, 0.25) is 5.91 Å². The first kappa shape index (κ1) is 20.7. The van der Waals surface area contributed by atoms with E-state index in [0.717, 1.165) is 35.5 Å². The van der Waals surface area contributed by atoms with Crippen LogP contribution in [0.4, 0.5) is 0 Å². The Kier molecular flexibility index (Phi) is 6.33. The summed E-state index contributed by atoms with van der Waals surface area (Å²) in [6, 6.07) is 3.66. The quantitative estimate of drug-likeness (QED) is 0.650. The van der Waals surface area contributed by atoms with Crippen molar-refractivity contribution in [1.82, 2.24) is 4.90 Å². The number of rotatable bonds is 7. The van der Waals surface area contributed by atoms with E-state index in [0.29, 0.717) is 19.6 Å². The van der Waals surface area contributed by atoms with E-state index in [1.165, 1.54) is 6.08 Å². The number of benzene rings is 1. The van der Waals surface area contributed by atoms with Crippen LogP contribution in [0.5, 0.6) is 11.5 Å². The van der Waals surface area contributed by atoms with Crippen LogP contribution in [-0.2, 0) is 21.1 Å². The molecule has 0 spiro atoms. The maximum atomic E-state index is 12.8. The summed E-state index contributed by atoms with van der Waals surface area (Å²) in [5.41, 5.74) is 1.90. The molecular formula is C21H29NO5S. The average molecular weight is 408 g/mol. The Morgan fingerprint density at radius 2 is 2.14 bits per heavy atom. The zero-order valence-corrected chi connectivity index (χ0v) is 17.6. The Labute approximate surface area is 167 Å². The fourth-order valence-electron chi connectivity index (χ4n) is 3.86. The van der Waals surface area contributed by atoms with Gasteiger partial charge in [-0.05, 0) is 44.9 Å². The summed E-state index contributed by atoms with van der Waals surface area (Å²) in [5.74, 6) is 1.61. The number of nitrogens with zero attached hydrogens (tertiary/aromatic N) is 1. The van der Waals surface area contributed by atoms with Gasteiger partial charge in [-0.15, -0.1) is 0 Å². The largest absolute Gasteiger partial charge is 0.493 e. The van der Waals surface area contributed by atoms with Crippen LogP contribution in [0.1, 0.15) is 44.7 Å². The molecule has 0 N–H and O–H groups in total. The van der Waals surface area contributed by atoms with Crippen LogP contribution < -0.4 is 9.47 Å². The Morgan fingerprint density at radius 3 is 2.79 bits per heavy atom. The van der Waals surface area contributed by atoms with Crippen LogP contribution in [-0.4, -0.2) is 56.0 Å². The second-order valence-electron chi connectivity index (χ2n) is 7.49. The molecule has 1 amide bonds. The van der Waals surface area contributed by atoms with Crippen molar-refractivity contribution >= 4 is 21.8 Å². The van der Waals surface area contributed by atoms with Gasteiger partial charge in [0.25, 0.3) is 0 Å². The number of sulfone groups is 1. The molecule has 1 fully saturated rings. The summed E-state index contributed by atoms with van der Waals surface area (Å²) in [5, 5.41) is 0. The predicted molar refractivity (Wildman–Crippen MR) is 110 cm³/mol. The van der Waals surface area contributed by atoms with Crippen LogP contribution in [0.3, 0.4) is 0 Å². The smallest absolute Gasteiger partial charge is 0.246 e. The molecule has 2 aliphatic heterocycles. The highest BCUT2D eigenvalue weighted by molar-refractivity contribution is 7.91. The third-order valence-corrected chi connectivity index (χ3v) is 6.88. The number of carbonyl (C=O) groups excluding carboxylic acids is 1. The van der Waals surface area contributed by atoms with Gasteiger partial charge < -0.3 is 14.4 Å². The molecule has 0 radical (unpaired) electrons. The van der Waals surface area contributed by atoms with Crippen molar-refractivity contribution in [3.63, 3.8) is 0 Å². The number of ether oxygens (including phenoxy) is 2. The lowest BCUT2D eigenvalue weighted by atomic mass is 10.1. The van der Waals surface area contributed by atoms with Gasteiger partial charge in [0.05, 0.1) is 18.1 Å². The number of hydrogen-bond donors (Lipinski definition) is 0. The van der Waals surface area contributed by atoms with E-state index in [1.54, 1.807) is 11.0 Å². The maximum absolute atomic E-state index is 12.8. The van der Waals surface area contributed by atoms with Crippen molar-refractivity contribution in [2.24, 2.45) is 0 Å². The lowest BCUT2D eigenvalue weighted by molar-refractivity contribution is -0.127. The van der Waals surface area contributed by atoms with E-state index >= 15 is 0 Å². The van der Waals surface area contributed by atoms with E-state index in [9.17, 15) is 13.2 Å². The van der Waals surface area contributed by atoms with Gasteiger partial charge >= 0.3 is 0 Å². The molecule has 6 nitrogen and oxygen atoms in total. The van der Waals surface area contributed by atoms with E-state index in [1.807, 2.05) is 32.9 Å². The Hall–Kier alpha value is -2.02. The third kappa shape index (κ3) is 4.69. The molecule has 2 aliphatic rings. The molecule has 3 rings (SSSR count). The van der Waals surface area contributed by atoms with Crippen molar-refractivity contribution in [2.75, 3.05) is 24.7 Å². The highest BCUT2D eigenvalue weighted by Crippen LogP contribution is 2.35. The van der Waals surface area contributed by atoms with Crippen LogP contribution in [0.15, 0.2) is 18.2 Å². The van der Waals surface area contributed by atoms with Gasteiger partial charge in [-0.2, -0.15) is 0 Å². The topological polar surface area (TPSA) is 72.9 Å². The Morgan fingerprint density at radius 1 is 1.36 bits per heavy atom. The monoisotopic (exact) mass is 407 g/mol. The zero-order valence-electron chi connectivity index (χ0n) is 16.8. The minimum Gasteiger partial charge on any atom is -0.493 e. The lowest BCUT2D eigenvalue weighted by Crippen LogP contribution is -2.40. The highest BCUT2D eigenvalue weighted by Gasteiger charge is 2.33. The van der Waals surface area contributed by atoms with Gasteiger partial charge in [-0.25, -0.2) is 8.42 Å². The third-order valence-electron chi connectivity index (χ3n) is 5.13. The van der Waals surface area contributed by atoms with E-state index in [-0.39, 0.29) is 29.6 Å². The first-order valence-electron chi connectivity index (χ1n) is 9.98. The molecule has 1 aromatic rings. The van der Waals surface area contributed by atoms with Crippen LogP contribution >= 0.6 is 0 Å². The fourth-order valence-corrected chi connectivity index (χ4v) is 5.59. The first-order valence-corrected chi connectivity index (χ1v) is 11.8. The van der Waals surface area contributed by atoms with Gasteiger partial charge in [-0.1, -0.05) is 6.92 Å². The van der Waals surface area contributed by atoms with Crippen molar-refractivity contribution in [2.45, 2.75) is 52.2 Å². The predicted octanol–water partition coefficient (Wildman–Crippen LogP) is 2.85. The highest BCUT2D eigenvalue weighted by atomic mass is 32.2. The summed E-state index contributed by atoms with van der Waals surface area (Å²) < 4.78 is 35.2. The van der Waals surface area contributed by atoms with Crippen LogP contribution in [0.2, 0.25) is 0 Å². The van der Waals surface area contributed by atoms with E-state index in [4.69, 9.17) is 9.47 Å². The normalized spacial score (nSPS) is 22.8. The molecule has 2 unspecified atom stereocenters. The Balaban J connectivity index is 1.81. The lowest BCUT2D eigenvalue weighted by Gasteiger charge is -2.26. The van der Waals surface area contributed by atoms with Crippen LogP contribution in [0.25, 0.3) is 6.08 Å². The van der Waals surface area contributed by atoms with Crippen molar-refractivity contribution in [3.05, 3.63) is 29.3 Å². The van der Waals surface area contributed by atoms with Crippen molar-refractivity contribution < 1.29 is 22.7 Å². The van der Waals surface area contributed by atoms with Crippen LogP contribution in [0, 0.1) is 0 Å². The molecule has 1 aromatic carbocycles. The van der Waals surface area contributed by atoms with Gasteiger partial charge in [0.15, 0.2) is 9.84 Å². The molecule has 28 heavy (non-hydrogen) atoms. The molecule has 0 aromatic heterocycles. The molecule has 1 saturated heterocycles. The summed E-state index contributed by atoms with van der Waals surface area (Å²) in [7, 11) is -3.04. The van der Waals surface area contributed by atoms with Gasteiger partial charge in [0, 0.05) is 36.2 Å². The van der Waals surface area contributed by atoms with Crippen molar-refractivity contribution in [3.8, 4) is 11.5 Å². The molecule has 0 saturated carbocycles. The minimum atomic E-state index is -3.04. The van der Waals surface area contributed by atoms with Crippen molar-refractivity contribution in [1.29, 1.82) is 0 Å². The molecule has 0 aliphatic carbocycles. The maximum Gasteiger partial charge on any atom is 0.246 e. The molecule has 2 heterocycles. The Bertz CT molecular complexity index is 862. The van der Waals surface area contributed by atoms with E-state index < -0.39 is 9.84 Å². The zero-order chi connectivity index (χ0) is 20.3. The minimum absolute atomic E-state index is 0.0569. The second-order valence-corrected chi connectivity index (χ2v) is 9.71. The fraction of sp³-hybridized carbons (Fsp3) is 0.571. The summed E-state index contributed by atoms with van der Waals surface area (Å²) in [6.07, 6.45) is 5.53. The number of carbonyl (C=O) groups is 1. The molecular weight excluding hydrogens is 378 g/mol. The first-order chi connectivity index (χ1) is 13.3. The van der Waals surface area contributed by atoms with Gasteiger partial charge in [0.1, 0.15) is 17.6 Å². The number of amides is 1. The average Bonchev–Trinajstić information content (AvgIpc) is 3.18. The van der Waals surface area contributed by atoms with E-state index in [2.05, 4.69) is 0 Å². The molecule has 0 bridgehead atoms. The molecule has 154 valence electrons.